The van der Waals surface area contributed by atoms with Crippen LogP contribution in [0, 0.1) is 12.3 Å². The lowest BCUT2D eigenvalue weighted by Gasteiger charge is -2.33. The van der Waals surface area contributed by atoms with Crippen molar-refractivity contribution in [3.63, 3.8) is 0 Å². The molecule has 4 nitrogen and oxygen atoms in total. The third-order valence-corrected chi connectivity index (χ3v) is 4.26. The lowest BCUT2D eigenvalue weighted by molar-refractivity contribution is -0.122. The van der Waals surface area contributed by atoms with Crippen LogP contribution in [0.3, 0.4) is 0 Å². The Morgan fingerprint density at radius 2 is 2.00 bits per heavy atom. The van der Waals surface area contributed by atoms with Gasteiger partial charge in [0.05, 0.1) is 17.0 Å². The number of thiophene rings is 1. The fourth-order valence-corrected chi connectivity index (χ4v) is 3.69. The van der Waals surface area contributed by atoms with Gasteiger partial charge in [-0.2, -0.15) is 0 Å². The molecule has 0 radical (unpaired) electrons. The molecular formula is C18H26N2O2S. The summed E-state index contributed by atoms with van der Waals surface area (Å²) >= 11 is 1.58. The van der Waals surface area contributed by atoms with Crippen LogP contribution in [0.1, 0.15) is 52.5 Å². The van der Waals surface area contributed by atoms with E-state index in [1.54, 1.807) is 11.3 Å². The number of oxazole rings is 1. The second-order valence-corrected chi connectivity index (χ2v) is 8.79. The maximum absolute atomic E-state index is 12.4. The van der Waals surface area contributed by atoms with Gasteiger partial charge in [-0.3, -0.25) is 4.79 Å². The van der Waals surface area contributed by atoms with Gasteiger partial charge in [0.2, 0.25) is 11.8 Å². The maximum Gasteiger partial charge on any atom is 0.236 e. The SMILES string of the molecule is Cc1oc(-c2cccs2)nc1CC(=O)NC(C)(C)CC(C)(C)C. The first-order valence-electron chi connectivity index (χ1n) is 7.87. The van der Waals surface area contributed by atoms with Crippen molar-refractivity contribution < 1.29 is 9.21 Å². The standard InChI is InChI=1S/C18H26N2O2S/c1-12-13(19-16(22-12)14-8-7-9-23-14)10-15(21)20-18(5,6)11-17(2,3)4/h7-9H,10-11H2,1-6H3,(H,20,21). The zero-order valence-corrected chi connectivity index (χ0v) is 15.6. The number of carbonyl (C=O) groups excluding carboxylic acids is 1. The Kier molecular flexibility index (Phi) is 4.99. The third kappa shape index (κ3) is 5.20. The van der Waals surface area contributed by atoms with Gasteiger partial charge in [-0.1, -0.05) is 26.8 Å². The highest BCUT2D eigenvalue weighted by atomic mass is 32.1. The van der Waals surface area contributed by atoms with Crippen LogP contribution in [0.15, 0.2) is 21.9 Å². The highest BCUT2D eigenvalue weighted by Crippen LogP contribution is 2.28. The van der Waals surface area contributed by atoms with Gasteiger partial charge in [0, 0.05) is 5.54 Å². The first-order valence-corrected chi connectivity index (χ1v) is 8.75. The summed E-state index contributed by atoms with van der Waals surface area (Å²) in [5.74, 6) is 1.28. The first-order chi connectivity index (χ1) is 10.6. The number of nitrogens with zero attached hydrogens (tertiary/aromatic N) is 1. The number of amides is 1. The van der Waals surface area contributed by atoms with Crippen molar-refractivity contribution in [1.29, 1.82) is 0 Å². The molecule has 0 unspecified atom stereocenters. The molecule has 23 heavy (non-hydrogen) atoms. The van der Waals surface area contributed by atoms with E-state index in [2.05, 4.69) is 44.9 Å². The van der Waals surface area contributed by atoms with Crippen LogP contribution >= 0.6 is 11.3 Å². The highest BCUT2D eigenvalue weighted by molar-refractivity contribution is 7.13. The molecule has 0 aliphatic rings. The molecule has 0 aliphatic carbocycles. The fourth-order valence-electron chi connectivity index (χ4n) is 3.04. The van der Waals surface area contributed by atoms with Crippen molar-refractivity contribution >= 4 is 17.2 Å². The van der Waals surface area contributed by atoms with Crippen molar-refractivity contribution in [3.8, 4) is 10.8 Å². The molecule has 2 aromatic heterocycles. The summed E-state index contributed by atoms with van der Waals surface area (Å²) in [4.78, 5) is 17.8. The van der Waals surface area contributed by atoms with Crippen molar-refractivity contribution in [3.05, 3.63) is 29.0 Å². The number of hydrogen-bond donors (Lipinski definition) is 1. The minimum atomic E-state index is -0.246. The molecule has 0 spiro atoms. The van der Waals surface area contributed by atoms with E-state index in [-0.39, 0.29) is 23.3 Å². The normalized spacial score (nSPS) is 12.4. The van der Waals surface area contributed by atoms with Crippen LogP contribution in [-0.2, 0) is 11.2 Å². The second kappa shape index (κ2) is 6.48. The summed E-state index contributed by atoms with van der Waals surface area (Å²) in [6, 6.07) is 3.92. The van der Waals surface area contributed by atoms with Gasteiger partial charge in [0.25, 0.3) is 0 Å². The minimum Gasteiger partial charge on any atom is -0.440 e. The number of hydrogen-bond acceptors (Lipinski definition) is 4. The van der Waals surface area contributed by atoms with Crippen LogP contribution in [0.5, 0.6) is 0 Å². The molecule has 0 saturated carbocycles. The molecular weight excluding hydrogens is 308 g/mol. The van der Waals surface area contributed by atoms with E-state index >= 15 is 0 Å². The summed E-state index contributed by atoms with van der Waals surface area (Å²) in [5, 5.41) is 5.10. The molecule has 0 fully saturated rings. The number of nitrogens with one attached hydrogen (secondary N) is 1. The molecule has 2 rings (SSSR count). The predicted octanol–water partition coefficient (Wildman–Crippen LogP) is 4.59. The number of aromatic nitrogens is 1. The average molecular weight is 334 g/mol. The monoisotopic (exact) mass is 334 g/mol. The van der Waals surface area contributed by atoms with Gasteiger partial charge >= 0.3 is 0 Å². The van der Waals surface area contributed by atoms with E-state index in [4.69, 9.17) is 4.42 Å². The Balaban J connectivity index is 2.03. The summed E-state index contributed by atoms with van der Waals surface area (Å²) < 4.78 is 5.69. The van der Waals surface area contributed by atoms with Crippen molar-refractivity contribution in [2.24, 2.45) is 5.41 Å². The van der Waals surface area contributed by atoms with Crippen molar-refractivity contribution in [2.75, 3.05) is 0 Å². The van der Waals surface area contributed by atoms with Gasteiger partial charge in [0.15, 0.2) is 0 Å². The lowest BCUT2D eigenvalue weighted by atomic mass is 9.82. The molecule has 0 saturated heterocycles. The molecule has 0 bridgehead atoms. The summed E-state index contributed by atoms with van der Waals surface area (Å²) in [6.07, 6.45) is 1.15. The maximum atomic E-state index is 12.4. The Morgan fingerprint density at radius 3 is 2.57 bits per heavy atom. The van der Waals surface area contributed by atoms with Gasteiger partial charge in [-0.25, -0.2) is 4.98 Å². The predicted molar refractivity (Wildman–Crippen MR) is 94.6 cm³/mol. The number of rotatable bonds is 5. The molecule has 0 aromatic carbocycles. The van der Waals surface area contributed by atoms with Crippen LogP contribution in [0.2, 0.25) is 0 Å². The minimum absolute atomic E-state index is 0.0200. The van der Waals surface area contributed by atoms with E-state index in [0.717, 1.165) is 11.3 Å². The zero-order chi connectivity index (χ0) is 17.3. The van der Waals surface area contributed by atoms with E-state index in [1.165, 1.54) is 0 Å². The highest BCUT2D eigenvalue weighted by Gasteiger charge is 2.27. The molecule has 126 valence electrons. The average Bonchev–Trinajstić information content (AvgIpc) is 2.95. The molecule has 2 heterocycles. The Bertz CT molecular complexity index is 664. The second-order valence-electron chi connectivity index (χ2n) is 7.85. The van der Waals surface area contributed by atoms with E-state index in [1.807, 2.05) is 24.4 Å². The van der Waals surface area contributed by atoms with E-state index in [0.29, 0.717) is 17.3 Å². The fraction of sp³-hybridized carbons (Fsp3) is 0.556. The quantitative estimate of drug-likeness (QED) is 0.870. The summed E-state index contributed by atoms with van der Waals surface area (Å²) in [7, 11) is 0. The van der Waals surface area contributed by atoms with Crippen LogP contribution in [0.25, 0.3) is 10.8 Å². The largest absolute Gasteiger partial charge is 0.440 e. The van der Waals surface area contributed by atoms with E-state index < -0.39 is 0 Å². The van der Waals surface area contributed by atoms with Gasteiger partial charge < -0.3 is 9.73 Å². The van der Waals surface area contributed by atoms with Gasteiger partial charge in [-0.05, 0) is 44.1 Å². The topological polar surface area (TPSA) is 55.1 Å². The Labute approximate surface area is 142 Å². The smallest absolute Gasteiger partial charge is 0.236 e. The molecule has 0 aliphatic heterocycles. The Hall–Kier alpha value is -1.62. The zero-order valence-electron chi connectivity index (χ0n) is 14.8. The molecule has 1 amide bonds. The molecule has 2 aromatic rings. The number of aryl methyl sites for hydroxylation is 1. The van der Waals surface area contributed by atoms with E-state index in [9.17, 15) is 4.79 Å². The first kappa shape index (κ1) is 17.7. The lowest BCUT2D eigenvalue weighted by Crippen LogP contribution is -2.46. The van der Waals surface area contributed by atoms with Gasteiger partial charge in [-0.15, -0.1) is 11.3 Å². The van der Waals surface area contributed by atoms with Crippen LogP contribution < -0.4 is 5.32 Å². The van der Waals surface area contributed by atoms with Crippen molar-refractivity contribution in [2.45, 2.75) is 59.9 Å². The third-order valence-electron chi connectivity index (χ3n) is 3.40. The van der Waals surface area contributed by atoms with Crippen molar-refractivity contribution in [1.82, 2.24) is 10.3 Å². The number of carbonyl (C=O) groups is 1. The summed E-state index contributed by atoms with van der Waals surface area (Å²) in [5.41, 5.74) is 0.619. The van der Waals surface area contributed by atoms with Crippen LogP contribution in [-0.4, -0.2) is 16.4 Å². The van der Waals surface area contributed by atoms with Crippen LogP contribution in [0.4, 0.5) is 0 Å². The molecule has 1 N–H and O–H groups in total. The molecule has 0 atom stereocenters. The van der Waals surface area contributed by atoms with Gasteiger partial charge in [0.1, 0.15) is 5.76 Å². The Morgan fingerprint density at radius 1 is 1.30 bits per heavy atom. The summed E-state index contributed by atoms with van der Waals surface area (Å²) in [6.45, 7) is 12.5. The molecule has 5 heteroatoms.